The fourth-order valence-corrected chi connectivity index (χ4v) is 13.4. The minimum Gasteiger partial charge on any atom is -0.376 e. The lowest BCUT2D eigenvalue weighted by Crippen LogP contribution is -2.41. The molecule has 2 aliphatic heterocycles. The highest BCUT2D eigenvalue weighted by Crippen LogP contribution is 2.56. The number of hydrogen-bond donors (Lipinski definition) is 1. The lowest BCUT2D eigenvalue weighted by atomic mass is 9.83. The zero-order valence-electron chi connectivity index (χ0n) is 39.0. The van der Waals surface area contributed by atoms with E-state index in [0.717, 1.165) is 47.7 Å². The maximum absolute atomic E-state index is 16.2. The van der Waals surface area contributed by atoms with E-state index in [1.165, 1.54) is 40.1 Å². The summed E-state index contributed by atoms with van der Waals surface area (Å²) in [6.07, 6.45) is 7.33. The second-order valence-electron chi connectivity index (χ2n) is 19.8. The van der Waals surface area contributed by atoms with Crippen LogP contribution in [0, 0.1) is 25.6 Å². The number of nitrogens with zero attached hydrogens (tertiary/aromatic N) is 8. The number of ether oxygens (including phenoxy) is 1. The molecule has 0 radical (unpaired) electrons. The Morgan fingerprint density at radius 3 is 2.37 bits per heavy atom. The zero-order valence-corrected chi connectivity index (χ0v) is 40.6. The Morgan fingerprint density at radius 2 is 1.72 bits per heavy atom. The number of carbonyl (C=O) groups excluding carboxylic acids is 1. The van der Waals surface area contributed by atoms with Crippen molar-refractivity contribution in [2.45, 2.75) is 113 Å². The predicted octanol–water partition coefficient (Wildman–Crippen LogP) is 8.69. The molecule has 2 aliphatic carbocycles. The number of aryl methyl sites for hydroxylation is 2. The minimum atomic E-state index is -2.80. The molecule has 6 heterocycles. The van der Waals surface area contributed by atoms with Gasteiger partial charge in [-0.2, -0.15) is 5.10 Å². The Kier molecular flexibility index (Phi) is 10.3. The third-order valence-electron chi connectivity index (χ3n) is 14.9. The number of imidazole rings is 1. The van der Waals surface area contributed by atoms with Crippen LogP contribution in [0.1, 0.15) is 116 Å². The third kappa shape index (κ3) is 6.89. The molecule has 68 heavy (non-hydrogen) atoms. The van der Waals surface area contributed by atoms with Gasteiger partial charge in [-0.15, -0.1) is 0 Å². The summed E-state index contributed by atoms with van der Waals surface area (Å²) in [5, 5.41) is 10.7. The number of aromatic nitrogens is 7. The quantitative estimate of drug-likeness (QED) is 0.150. The van der Waals surface area contributed by atoms with Crippen molar-refractivity contribution in [3.8, 4) is 17.2 Å². The van der Waals surface area contributed by atoms with Crippen LogP contribution in [0.25, 0.3) is 28.1 Å². The van der Waals surface area contributed by atoms with Crippen molar-refractivity contribution < 1.29 is 22.7 Å². The van der Waals surface area contributed by atoms with Gasteiger partial charge in [0.05, 0.1) is 43.3 Å². The van der Waals surface area contributed by atoms with Gasteiger partial charge in [0, 0.05) is 65.8 Å². The van der Waals surface area contributed by atoms with Gasteiger partial charge in [0.25, 0.3) is 5.91 Å². The monoisotopic (exact) mass is 961 g/mol. The van der Waals surface area contributed by atoms with Crippen molar-refractivity contribution in [3.05, 3.63) is 138 Å². The molecule has 1 N–H and O–H groups in total. The number of rotatable bonds is 9. The van der Waals surface area contributed by atoms with E-state index in [1.54, 1.807) is 16.9 Å². The van der Waals surface area contributed by atoms with Crippen LogP contribution in [-0.4, -0.2) is 79.7 Å². The van der Waals surface area contributed by atoms with E-state index in [1.807, 2.05) is 48.4 Å². The second kappa shape index (κ2) is 15.8. The number of H-pyrrole nitrogens is 1. The summed E-state index contributed by atoms with van der Waals surface area (Å²) < 4.78 is 51.6. The normalized spacial score (nSPS) is 23.1. The molecule has 3 fully saturated rings. The molecule has 4 aromatic heterocycles. The smallest absolute Gasteiger partial charge is 0.376 e. The van der Waals surface area contributed by atoms with Crippen LogP contribution in [-0.2, 0) is 26.4 Å². The van der Waals surface area contributed by atoms with E-state index in [4.69, 9.17) is 26.0 Å². The summed E-state index contributed by atoms with van der Waals surface area (Å²) in [6, 6.07) is 15.8. The van der Waals surface area contributed by atoms with E-state index < -0.39 is 38.6 Å². The molecule has 11 rings (SSSR count). The Hall–Kier alpha value is -6.04. The summed E-state index contributed by atoms with van der Waals surface area (Å²) in [5.41, 5.74) is 4.36. The van der Waals surface area contributed by atoms with Crippen molar-refractivity contribution >= 4 is 38.1 Å². The Labute approximate surface area is 397 Å². The van der Waals surface area contributed by atoms with Gasteiger partial charge >= 0.3 is 11.4 Å². The number of fused-ring (bicyclic) bond motifs is 2. The molecule has 0 spiro atoms. The number of hydrogen-bond acceptors (Lipinski definition) is 9. The molecule has 1 amide bonds. The number of halogens is 2. The second-order valence-corrected chi connectivity index (χ2v) is 22.8. The molecule has 1 saturated heterocycles. The van der Waals surface area contributed by atoms with E-state index in [0.29, 0.717) is 70.2 Å². The van der Waals surface area contributed by atoms with Crippen LogP contribution >= 0.6 is 11.6 Å². The van der Waals surface area contributed by atoms with Crippen LogP contribution in [0.3, 0.4) is 0 Å². The minimum absolute atomic E-state index is 0.00349. The average molecular weight is 963 g/mol. The molecule has 3 aromatic carbocycles. The lowest BCUT2D eigenvalue weighted by molar-refractivity contribution is -0.0592. The Bertz CT molecular complexity index is 3470. The van der Waals surface area contributed by atoms with Gasteiger partial charge in [0.15, 0.2) is 5.82 Å². The van der Waals surface area contributed by atoms with Crippen LogP contribution < -0.4 is 11.4 Å². The van der Waals surface area contributed by atoms with Gasteiger partial charge in [0.1, 0.15) is 22.9 Å². The number of aromatic amines is 1. The number of benzene rings is 3. The molecule has 18 heteroatoms. The Balaban J connectivity index is 1.04. The molecule has 15 nitrogen and oxygen atoms in total. The van der Waals surface area contributed by atoms with Gasteiger partial charge in [-0.3, -0.25) is 23.4 Å². The first-order valence-corrected chi connectivity index (χ1v) is 25.2. The third-order valence-corrected chi connectivity index (χ3v) is 18.3. The topological polar surface area (TPSA) is 168 Å². The van der Waals surface area contributed by atoms with E-state index in [-0.39, 0.29) is 34.3 Å². The van der Waals surface area contributed by atoms with E-state index in [2.05, 4.69) is 53.5 Å². The van der Waals surface area contributed by atoms with Crippen molar-refractivity contribution in [3.63, 3.8) is 0 Å². The number of carbonyl (C=O) groups is 1. The summed E-state index contributed by atoms with van der Waals surface area (Å²) in [6.45, 7) is 13.0. The maximum atomic E-state index is 16.2. The molecular weight excluding hydrogens is 909 g/mol. The van der Waals surface area contributed by atoms with Crippen molar-refractivity contribution in [1.82, 2.24) is 38.5 Å². The van der Waals surface area contributed by atoms with E-state index in [9.17, 15) is 13.8 Å². The molecule has 0 bridgehead atoms. The fraction of sp³-hybridized carbons (Fsp3) is 0.420. The highest BCUT2D eigenvalue weighted by molar-refractivity contribution is 7.94. The molecular formula is C50H53ClFN9O6S. The summed E-state index contributed by atoms with van der Waals surface area (Å²) in [5.74, 6) is -0.602. The molecule has 4 aliphatic rings. The van der Waals surface area contributed by atoms with Gasteiger partial charge in [0.2, 0.25) is 0 Å². The van der Waals surface area contributed by atoms with Crippen molar-refractivity contribution in [2.75, 3.05) is 20.2 Å². The first-order chi connectivity index (χ1) is 32.4. The standard InChI is InChI=1S/C50H53ClFN9O6S/c1-27-20-34(21-28(2)43(27)51)61-44(59-18-17-58(48(59)64)40-13-11-36(24-37(40)52)68(65,53-7)35-9-10-35)42-30(4)57(16-14-38(42)55-61)45(62)41-23-33-22-31(32-15-19-66-49(5,6)26-32)8-12-39(33)60(41)50(25-29(50)3)46-54-47(63)67-56-46/h8,11-13,17-18,20-24,29-30,32,35H,9-10,14-16,19,25-26H2,1-7H3,(H,54,56,63)/t29-,30-,32-,50-,68-/m0/s1. The molecule has 7 aromatic rings. The first-order valence-electron chi connectivity index (χ1n) is 23.2. The molecule has 5 atom stereocenters. The van der Waals surface area contributed by atoms with Crippen LogP contribution in [0.2, 0.25) is 5.02 Å². The lowest BCUT2D eigenvalue weighted by Gasteiger charge is -2.35. The highest BCUT2D eigenvalue weighted by atomic mass is 35.5. The van der Waals surface area contributed by atoms with Crippen LogP contribution in [0.5, 0.6) is 0 Å². The SMILES string of the molecule is CN=[S@@](=O)(c1ccc(-n2ccn(-c3c4c(nn3-c3cc(C)c(Cl)c(C)c3)CCN(C(=O)c3cc5cc([C@H]6CCOC(C)(C)C6)ccc5n3[C@@]3(c5noc(=O)[nH]5)C[C@@H]3C)[C@H]4C)c2=O)c(F)c1)C1CC1. The van der Waals surface area contributed by atoms with Gasteiger partial charge in [-0.05, 0) is 144 Å². The summed E-state index contributed by atoms with van der Waals surface area (Å²) in [7, 11) is -1.30. The largest absolute Gasteiger partial charge is 0.438 e. The molecule has 2 saturated carbocycles. The van der Waals surface area contributed by atoms with Gasteiger partial charge in [-0.25, -0.2) is 27.2 Å². The number of nitrogens with one attached hydrogen (secondary N) is 1. The zero-order chi connectivity index (χ0) is 47.8. The average Bonchev–Trinajstić information content (AvgIpc) is 4.04. The van der Waals surface area contributed by atoms with Crippen LogP contribution in [0.4, 0.5) is 4.39 Å². The van der Waals surface area contributed by atoms with Gasteiger partial charge in [-0.1, -0.05) is 29.7 Å². The van der Waals surface area contributed by atoms with Gasteiger partial charge < -0.3 is 14.2 Å². The highest BCUT2D eigenvalue weighted by Gasteiger charge is 2.59. The Morgan fingerprint density at radius 1 is 0.985 bits per heavy atom. The summed E-state index contributed by atoms with van der Waals surface area (Å²) >= 11 is 6.67. The van der Waals surface area contributed by atoms with Crippen LogP contribution in [0.15, 0.2) is 90.4 Å². The fourth-order valence-electron chi connectivity index (χ4n) is 11.1. The predicted molar refractivity (Wildman–Crippen MR) is 256 cm³/mol. The molecule has 354 valence electrons. The number of amides is 1. The first kappa shape index (κ1) is 44.5. The molecule has 0 unspecified atom stereocenters. The van der Waals surface area contributed by atoms with E-state index >= 15 is 9.18 Å². The maximum Gasteiger partial charge on any atom is 0.438 e. The summed E-state index contributed by atoms with van der Waals surface area (Å²) in [4.78, 5) is 47.8. The van der Waals surface area contributed by atoms with Crippen molar-refractivity contribution in [2.24, 2.45) is 10.3 Å². The van der Waals surface area contributed by atoms with Crippen molar-refractivity contribution in [1.29, 1.82) is 0 Å².